The molecule has 3 aliphatic carbocycles. The number of nitrogens with zero attached hydrogens (tertiary/aromatic N) is 4. The molecule has 5 nitrogen and oxygen atoms in total. The molecule has 5 rings (SSSR count). The summed E-state index contributed by atoms with van der Waals surface area (Å²) in [5.74, 6) is -5.78. The second-order valence-corrected chi connectivity index (χ2v) is 9.32. The second kappa shape index (κ2) is 5.12. The minimum atomic E-state index is -3.64. The third-order valence-electron chi connectivity index (χ3n) is 5.31. The maximum Gasteiger partial charge on any atom is 0.287 e. The number of aromatic nitrogens is 4. The number of aliphatic hydroxyl groups is 1. The van der Waals surface area contributed by atoms with Gasteiger partial charge in [-0.25, -0.2) is 22.2 Å². The second-order valence-electron chi connectivity index (χ2n) is 7.03. The van der Waals surface area contributed by atoms with Gasteiger partial charge in [0.1, 0.15) is 18.0 Å². The number of benzene rings is 1. The Morgan fingerprint density at radius 1 is 1.24 bits per heavy atom. The van der Waals surface area contributed by atoms with Gasteiger partial charge in [0.15, 0.2) is 5.60 Å². The number of halogens is 5. The van der Waals surface area contributed by atoms with Gasteiger partial charge in [0, 0.05) is 20.5 Å². The van der Waals surface area contributed by atoms with Crippen molar-refractivity contribution >= 4 is 22.6 Å². The van der Waals surface area contributed by atoms with E-state index in [9.17, 15) is 13.9 Å². The Labute approximate surface area is 153 Å². The van der Waals surface area contributed by atoms with Gasteiger partial charge in [-0.15, -0.1) is 5.10 Å². The SMILES string of the molecule is OC(Cn1cnnn1)(c1ccc(F)cc1F)C(F)(F)C12CC(I)(C1)C2. The van der Waals surface area contributed by atoms with E-state index in [4.69, 9.17) is 0 Å². The summed E-state index contributed by atoms with van der Waals surface area (Å²) in [6.45, 7) is -0.744. The van der Waals surface area contributed by atoms with Gasteiger partial charge in [-0.1, -0.05) is 22.6 Å². The van der Waals surface area contributed by atoms with E-state index >= 15 is 8.78 Å². The summed E-state index contributed by atoms with van der Waals surface area (Å²) in [6.07, 6.45) is 1.79. The van der Waals surface area contributed by atoms with Gasteiger partial charge in [0.05, 0.1) is 6.54 Å². The summed E-state index contributed by atoms with van der Waals surface area (Å²) in [4.78, 5) is 0. The van der Waals surface area contributed by atoms with Crippen LogP contribution in [0.25, 0.3) is 0 Å². The van der Waals surface area contributed by atoms with Crippen LogP contribution in [0.5, 0.6) is 0 Å². The first kappa shape index (κ1) is 17.1. The zero-order valence-electron chi connectivity index (χ0n) is 12.8. The van der Waals surface area contributed by atoms with E-state index in [1.807, 2.05) is 0 Å². The van der Waals surface area contributed by atoms with Crippen LogP contribution in [0, 0.1) is 17.0 Å². The first-order valence-corrected chi connectivity index (χ1v) is 8.64. The lowest BCUT2D eigenvalue weighted by molar-refractivity contribution is -0.324. The lowest BCUT2D eigenvalue weighted by atomic mass is 9.40. The predicted molar refractivity (Wildman–Crippen MR) is 86.1 cm³/mol. The molecule has 1 heterocycles. The standard InChI is InChI=1S/C15H13F4IN4O/c16-9-1-2-10(11(17)3-9)14(25,7-24-8-21-22-23-24)15(18,19)12-4-13(20,5-12)6-12/h1-3,8,25H,4-7H2. The highest BCUT2D eigenvalue weighted by atomic mass is 127. The van der Waals surface area contributed by atoms with Gasteiger partial charge in [0.25, 0.3) is 5.92 Å². The molecule has 1 N–H and O–H groups in total. The Bertz CT molecular complexity index is 811. The molecule has 0 aliphatic heterocycles. The van der Waals surface area contributed by atoms with Crippen LogP contribution in [0.2, 0.25) is 0 Å². The summed E-state index contributed by atoms with van der Waals surface area (Å²) >= 11 is 2.14. The van der Waals surface area contributed by atoms with Crippen LogP contribution in [0.3, 0.4) is 0 Å². The topological polar surface area (TPSA) is 63.8 Å². The van der Waals surface area contributed by atoms with Crippen LogP contribution in [-0.2, 0) is 12.1 Å². The van der Waals surface area contributed by atoms with Crippen molar-refractivity contribution in [3.63, 3.8) is 0 Å². The number of tetrazole rings is 1. The van der Waals surface area contributed by atoms with Gasteiger partial charge in [-0.3, -0.25) is 0 Å². The van der Waals surface area contributed by atoms with E-state index in [2.05, 4.69) is 38.1 Å². The van der Waals surface area contributed by atoms with Crippen molar-refractivity contribution in [3.8, 4) is 0 Å². The number of rotatable bonds is 5. The van der Waals surface area contributed by atoms with Crippen LogP contribution in [0.15, 0.2) is 24.5 Å². The fourth-order valence-electron chi connectivity index (χ4n) is 4.10. The van der Waals surface area contributed by atoms with Gasteiger partial charge < -0.3 is 5.11 Å². The average Bonchev–Trinajstić information content (AvgIpc) is 2.95. The van der Waals surface area contributed by atoms with Gasteiger partial charge in [-0.2, -0.15) is 0 Å². The molecule has 10 heteroatoms. The molecule has 0 saturated heterocycles. The Kier molecular flexibility index (Phi) is 3.51. The van der Waals surface area contributed by atoms with Crippen LogP contribution in [0.4, 0.5) is 17.6 Å². The highest BCUT2D eigenvalue weighted by Crippen LogP contribution is 2.79. The third kappa shape index (κ3) is 2.25. The summed E-state index contributed by atoms with van der Waals surface area (Å²) in [6, 6.07) is 2.19. The van der Waals surface area contributed by atoms with E-state index in [0.717, 1.165) is 23.1 Å². The molecule has 0 amide bonds. The highest BCUT2D eigenvalue weighted by molar-refractivity contribution is 14.1. The minimum Gasteiger partial charge on any atom is -0.377 e. The van der Waals surface area contributed by atoms with E-state index in [1.54, 1.807) is 0 Å². The first-order valence-electron chi connectivity index (χ1n) is 7.56. The van der Waals surface area contributed by atoms with Crippen LogP contribution in [0.1, 0.15) is 24.8 Å². The van der Waals surface area contributed by atoms with E-state index in [-0.39, 0.29) is 22.7 Å². The molecule has 3 fully saturated rings. The van der Waals surface area contributed by atoms with Crippen molar-refractivity contribution in [2.75, 3.05) is 0 Å². The summed E-state index contributed by atoms with van der Waals surface area (Å²) < 4.78 is 59.2. The number of hydrogen-bond donors (Lipinski definition) is 1. The van der Waals surface area contributed by atoms with Crippen molar-refractivity contribution < 1.29 is 22.7 Å². The van der Waals surface area contributed by atoms with Crippen molar-refractivity contribution in [2.45, 2.75) is 40.8 Å². The highest BCUT2D eigenvalue weighted by Gasteiger charge is 2.81. The lowest BCUT2D eigenvalue weighted by Gasteiger charge is -2.71. The molecule has 25 heavy (non-hydrogen) atoms. The van der Waals surface area contributed by atoms with E-state index < -0.39 is 40.7 Å². The molecule has 1 aromatic heterocycles. The Balaban J connectivity index is 1.81. The van der Waals surface area contributed by atoms with Crippen molar-refractivity contribution in [1.82, 2.24) is 20.2 Å². The molecule has 2 bridgehead atoms. The molecule has 3 aliphatic rings. The Morgan fingerprint density at radius 2 is 1.92 bits per heavy atom. The monoisotopic (exact) mass is 468 g/mol. The molecular formula is C15H13F4IN4O. The molecule has 0 spiro atoms. The summed E-state index contributed by atoms with van der Waals surface area (Å²) in [5, 5.41) is 21.3. The van der Waals surface area contributed by atoms with Crippen molar-refractivity contribution in [1.29, 1.82) is 0 Å². The average molecular weight is 468 g/mol. The molecular weight excluding hydrogens is 455 g/mol. The lowest BCUT2D eigenvalue weighted by Crippen LogP contribution is -2.75. The molecule has 1 atom stereocenters. The zero-order chi connectivity index (χ0) is 18.1. The zero-order valence-corrected chi connectivity index (χ0v) is 14.9. The largest absolute Gasteiger partial charge is 0.377 e. The molecule has 2 aromatic rings. The summed E-state index contributed by atoms with van der Waals surface area (Å²) in [5.41, 5.74) is -4.96. The molecule has 0 radical (unpaired) electrons. The Hall–Kier alpha value is -1.30. The van der Waals surface area contributed by atoms with Crippen LogP contribution >= 0.6 is 22.6 Å². The summed E-state index contributed by atoms with van der Waals surface area (Å²) in [7, 11) is 0. The first-order chi connectivity index (χ1) is 11.6. The van der Waals surface area contributed by atoms with E-state index in [1.165, 1.54) is 0 Å². The quantitative estimate of drug-likeness (QED) is 0.417. The number of hydrogen-bond acceptors (Lipinski definition) is 4. The number of alkyl halides is 3. The third-order valence-corrected chi connectivity index (χ3v) is 6.45. The van der Waals surface area contributed by atoms with Gasteiger partial charge in [0.2, 0.25) is 0 Å². The van der Waals surface area contributed by atoms with Gasteiger partial charge in [-0.05, 0) is 41.8 Å². The predicted octanol–water partition coefficient (Wildman–Crippen LogP) is 2.83. The fourth-order valence-corrected chi connectivity index (χ4v) is 6.29. The van der Waals surface area contributed by atoms with Crippen molar-refractivity contribution in [2.24, 2.45) is 5.41 Å². The normalized spacial score (nSPS) is 30.3. The fraction of sp³-hybridized carbons (Fsp3) is 0.533. The molecule has 1 unspecified atom stereocenters. The maximum atomic E-state index is 15.5. The maximum absolute atomic E-state index is 15.5. The smallest absolute Gasteiger partial charge is 0.287 e. The van der Waals surface area contributed by atoms with Gasteiger partial charge >= 0.3 is 0 Å². The molecule has 134 valence electrons. The molecule has 3 saturated carbocycles. The van der Waals surface area contributed by atoms with Crippen LogP contribution in [-0.4, -0.2) is 34.7 Å². The minimum absolute atomic E-state index is 0.168. The Morgan fingerprint density at radius 3 is 2.44 bits per heavy atom. The van der Waals surface area contributed by atoms with Crippen molar-refractivity contribution in [3.05, 3.63) is 41.7 Å². The van der Waals surface area contributed by atoms with Crippen LogP contribution < -0.4 is 0 Å². The molecule has 1 aromatic carbocycles. The van der Waals surface area contributed by atoms with E-state index in [0.29, 0.717) is 6.07 Å².